The van der Waals surface area contributed by atoms with Crippen molar-refractivity contribution in [3.8, 4) is 0 Å². The molecule has 4 heteroatoms. The molecule has 1 aromatic rings. The number of anilines is 1. The zero-order valence-electron chi connectivity index (χ0n) is 11.3. The van der Waals surface area contributed by atoms with Crippen molar-refractivity contribution in [3.63, 3.8) is 0 Å². The summed E-state index contributed by atoms with van der Waals surface area (Å²) in [6.07, 6.45) is 5.47. The highest BCUT2D eigenvalue weighted by Gasteiger charge is 2.13. The summed E-state index contributed by atoms with van der Waals surface area (Å²) in [6.45, 7) is 5.36. The molecule has 4 nitrogen and oxygen atoms in total. The van der Waals surface area contributed by atoms with Gasteiger partial charge in [0, 0.05) is 26.3 Å². The second-order valence-corrected chi connectivity index (χ2v) is 5.00. The van der Waals surface area contributed by atoms with Gasteiger partial charge in [-0.1, -0.05) is 6.07 Å². The zero-order valence-corrected chi connectivity index (χ0v) is 11.3. The molecule has 0 aromatic carbocycles. The Morgan fingerprint density at radius 1 is 1.39 bits per heavy atom. The monoisotopic (exact) mass is 248 g/mol. The summed E-state index contributed by atoms with van der Waals surface area (Å²) in [6, 6.07) is 4.12. The third-order valence-corrected chi connectivity index (χ3v) is 3.59. The Balaban J connectivity index is 1.92. The van der Waals surface area contributed by atoms with Crippen molar-refractivity contribution < 1.29 is 0 Å². The minimum absolute atomic E-state index is 0.679. The van der Waals surface area contributed by atoms with E-state index in [1.165, 1.54) is 31.5 Å². The van der Waals surface area contributed by atoms with Gasteiger partial charge in [-0.15, -0.1) is 0 Å². The lowest BCUT2D eigenvalue weighted by Crippen LogP contribution is -2.32. The Hall–Kier alpha value is -1.13. The van der Waals surface area contributed by atoms with Gasteiger partial charge in [0.1, 0.15) is 5.82 Å². The second-order valence-electron chi connectivity index (χ2n) is 5.00. The average Bonchev–Trinajstić information content (AvgIpc) is 2.90. The van der Waals surface area contributed by atoms with Gasteiger partial charge < -0.3 is 15.5 Å². The predicted octanol–water partition coefficient (Wildman–Crippen LogP) is 1.11. The topological polar surface area (TPSA) is 45.4 Å². The summed E-state index contributed by atoms with van der Waals surface area (Å²) in [4.78, 5) is 9.28. The number of likely N-dealkylation sites (N-methyl/N-ethyl adjacent to an activating group) is 1. The molecule has 0 bridgehead atoms. The molecule has 2 heterocycles. The van der Waals surface area contributed by atoms with Crippen LogP contribution in [0.5, 0.6) is 0 Å². The second kappa shape index (κ2) is 6.71. The van der Waals surface area contributed by atoms with E-state index in [0.717, 1.165) is 25.3 Å². The van der Waals surface area contributed by atoms with E-state index in [2.05, 4.69) is 27.9 Å². The van der Waals surface area contributed by atoms with Crippen LogP contribution in [-0.4, -0.2) is 49.7 Å². The number of nitrogens with zero attached hydrogens (tertiary/aromatic N) is 3. The number of nitrogens with two attached hydrogens (primary N) is 1. The summed E-state index contributed by atoms with van der Waals surface area (Å²) in [7, 11) is 2.12. The van der Waals surface area contributed by atoms with Crippen molar-refractivity contribution in [3.05, 3.63) is 23.9 Å². The van der Waals surface area contributed by atoms with Crippen LogP contribution in [0.3, 0.4) is 0 Å². The van der Waals surface area contributed by atoms with Gasteiger partial charge in [-0.3, -0.25) is 0 Å². The van der Waals surface area contributed by atoms with E-state index in [4.69, 9.17) is 5.73 Å². The molecule has 0 amide bonds. The van der Waals surface area contributed by atoms with E-state index in [9.17, 15) is 0 Å². The van der Waals surface area contributed by atoms with Gasteiger partial charge in [-0.05, 0) is 50.5 Å². The third-order valence-electron chi connectivity index (χ3n) is 3.59. The molecule has 0 aliphatic carbocycles. The lowest BCUT2D eigenvalue weighted by Gasteiger charge is -2.24. The summed E-state index contributed by atoms with van der Waals surface area (Å²) in [5.74, 6) is 1.09. The SMILES string of the molecule is CN(CCN1CCCC1)c1ncccc1CCN. The summed E-state index contributed by atoms with van der Waals surface area (Å²) in [5, 5.41) is 0. The maximum atomic E-state index is 5.65. The first kappa shape index (κ1) is 13.3. The number of aromatic nitrogens is 1. The van der Waals surface area contributed by atoms with Gasteiger partial charge >= 0.3 is 0 Å². The van der Waals surface area contributed by atoms with Crippen molar-refractivity contribution in [2.75, 3.05) is 44.7 Å². The summed E-state index contributed by atoms with van der Waals surface area (Å²) >= 11 is 0. The smallest absolute Gasteiger partial charge is 0.131 e. The summed E-state index contributed by atoms with van der Waals surface area (Å²) < 4.78 is 0. The molecule has 2 rings (SSSR count). The molecule has 0 radical (unpaired) electrons. The lowest BCUT2D eigenvalue weighted by atomic mass is 10.2. The molecular formula is C14H24N4. The molecule has 1 aliphatic heterocycles. The van der Waals surface area contributed by atoms with Gasteiger partial charge in [0.25, 0.3) is 0 Å². The Kier molecular flexibility index (Phi) is 4.96. The van der Waals surface area contributed by atoms with Crippen molar-refractivity contribution in [1.29, 1.82) is 0 Å². The van der Waals surface area contributed by atoms with Crippen LogP contribution in [0, 0.1) is 0 Å². The van der Waals surface area contributed by atoms with Crippen molar-refractivity contribution in [2.45, 2.75) is 19.3 Å². The van der Waals surface area contributed by atoms with Crippen LogP contribution < -0.4 is 10.6 Å². The number of hydrogen-bond donors (Lipinski definition) is 1. The molecule has 0 atom stereocenters. The van der Waals surface area contributed by atoms with Crippen LogP contribution in [0.25, 0.3) is 0 Å². The van der Waals surface area contributed by atoms with Crippen LogP contribution in [0.15, 0.2) is 18.3 Å². The molecule has 1 fully saturated rings. The summed E-state index contributed by atoms with van der Waals surface area (Å²) in [5.41, 5.74) is 6.90. The maximum Gasteiger partial charge on any atom is 0.131 e. The van der Waals surface area contributed by atoms with Crippen LogP contribution >= 0.6 is 0 Å². The number of hydrogen-bond acceptors (Lipinski definition) is 4. The highest BCUT2D eigenvalue weighted by Crippen LogP contribution is 2.16. The first-order valence-electron chi connectivity index (χ1n) is 6.88. The van der Waals surface area contributed by atoms with Crippen LogP contribution in [-0.2, 0) is 6.42 Å². The lowest BCUT2D eigenvalue weighted by molar-refractivity contribution is 0.346. The molecule has 100 valence electrons. The highest BCUT2D eigenvalue weighted by atomic mass is 15.2. The van der Waals surface area contributed by atoms with E-state index in [0.29, 0.717) is 6.54 Å². The molecular weight excluding hydrogens is 224 g/mol. The van der Waals surface area contributed by atoms with E-state index >= 15 is 0 Å². The fraction of sp³-hybridized carbons (Fsp3) is 0.643. The Labute approximate surface area is 110 Å². The average molecular weight is 248 g/mol. The van der Waals surface area contributed by atoms with Crippen molar-refractivity contribution >= 4 is 5.82 Å². The van der Waals surface area contributed by atoms with Crippen molar-refractivity contribution in [2.24, 2.45) is 5.73 Å². The van der Waals surface area contributed by atoms with Gasteiger partial charge in [-0.25, -0.2) is 4.98 Å². The minimum atomic E-state index is 0.679. The molecule has 18 heavy (non-hydrogen) atoms. The van der Waals surface area contributed by atoms with Gasteiger partial charge in [0.15, 0.2) is 0 Å². The zero-order chi connectivity index (χ0) is 12.8. The van der Waals surface area contributed by atoms with Crippen LogP contribution in [0.4, 0.5) is 5.82 Å². The van der Waals surface area contributed by atoms with Gasteiger partial charge in [0.05, 0.1) is 0 Å². The molecule has 1 saturated heterocycles. The number of likely N-dealkylation sites (tertiary alicyclic amines) is 1. The van der Waals surface area contributed by atoms with E-state index in [1.807, 2.05) is 12.3 Å². The fourth-order valence-electron chi connectivity index (χ4n) is 2.53. The first-order valence-corrected chi connectivity index (χ1v) is 6.88. The Morgan fingerprint density at radius 2 is 2.17 bits per heavy atom. The highest BCUT2D eigenvalue weighted by molar-refractivity contribution is 5.46. The quantitative estimate of drug-likeness (QED) is 0.819. The number of pyridine rings is 1. The fourth-order valence-corrected chi connectivity index (χ4v) is 2.53. The van der Waals surface area contributed by atoms with Crippen molar-refractivity contribution in [1.82, 2.24) is 9.88 Å². The Morgan fingerprint density at radius 3 is 2.89 bits per heavy atom. The Bertz CT molecular complexity index is 361. The van der Waals surface area contributed by atoms with E-state index in [-0.39, 0.29) is 0 Å². The number of rotatable bonds is 6. The van der Waals surface area contributed by atoms with Gasteiger partial charge in [0.2, 0.25) is 0 Å². The molecule has 1 aromatic heterocycles. The molecule has 2 N–H and O–H groups in total. The largest absolute Gasteiger partial charge is 0.358 e. The first-order chi connectivity index (χ1) is 8.81. The van der Waals surface area contributed by atoms with Crippen LogP contribution in [0.1, 0.15) is 18.4 Å². The molecule has 0 saturated carbocycles. The molecule has 0 unspecified atom stereocenters. The molecule has 0 spiro atoms. The van der Waals surface area contributed by atoms with E-state index in [1.54, 1.807) is 0 Å². The standard InChI is InChI=1S/C14H24N4/c1-17(11-12-18-9-2-3-10-18)14-13(6-7-15)5-4-8-16-14/h4-5,8H,2-3,6-7,9-12,15H2,1H3. The normalized spacial score (nSPS) is 16.1. The van der Waals surface area contributed by atoms with Crippen LogP contribution in [0.2, 0.25) is 0 Å². The minimum Gasteiger partial charge on any atom is -0.358 e. The predicted molar refractivity (Wildman–Crippen MR) is 75.9 cm³/mol. The van der Waals surface area contributed by atoms with Gasteiger partial charge in [-0.2, -0.15) is 0 Å². The van der Waals surface area contributed by atoms with E-state index < -0.39 is 0 Å². The maximum absolute atomic E-state index is 5.65. The molecule has 1 aliphatic rings. The third kappa shape index (κ3) is 3.43.